The molecule has 1 saturated heterocycles. The Bertz CT molecular complexity index is 711. The fourth-order valence-electron chi connectivity index (χ4n) is 3.39. The van der Waals surface area contributed by atoms with Crippen LogP contribution in [-0.2, 0) is 0 Å². The van der Waals surface area contributed by atoms with Crippen molar-refractivity contribution in [1.29, 1.82) is 0 Å². The van der Waals surface area contributed by atoms with E-state index in [2.05, 4.69) is 26.6 Å². The van der Waals surface area contributed by atoms with E-state index in [9.17, 15) is 4.79 Å². The summed E-state index contributed by atoms with van der Waals surface area (Å²) in [4.78, 5) is 12.5. The third-order valence-electron chi connectivity index (χ3n) is 4.66. The van der Waals surface area contributed by atoms with Crippen molar-refractivity contribution < 1.29 is 9.21 Å². The van der Waals surface area contributed by atoms with Crippen LogP contribution in [0.15, 0.2) is 33.2 Å². The van der Waals surface area contributed by atoms with E-state index >= 15 is 0 Å². The summed E-state index contributed by atoms with van der Waals surface area (Å²) < 4.78 is 6.66. The maximum Gasteiger partial charge on any atom is 0.287 e. The lowest BCUT2D eigenvalue weighted by Crippen LogP contribution is -2.38. The number of rotatable bonds is 2. The van der Waals surface area contributed by atoms with Gasteiger partial charge in [-0.1, -0.05) is 15.9 Å². The van der Waals surface area contributed by atoms with Crippen molar-refractivity contribution >= 4 is 32.8 Å². The first kappa shape index (κ1) is 13.3. The molecule has 2 unspecified atom stereocenters. The van der Waals surface area contributed by atoms with Crippen molar-refractivity contribution in [2.45, 2.75) is 24.8 Å². The van der Waals surface area contributed by atoms with Gasteiger partial charge in [-0.05, 0) is 56.0 Å². The zero-order chi connectivity index (χ0) is 14.4. The highest BCUT2D eigenvalue weighted by Crippen LogP contribution is 2.47. The molecule has 1 aliphatic heterocycles. The summed E-state index contributed by atoms with van der Waals surface area (Å²) in [6, 6.07) is 7.58. The molecule has 1 aromatic heterocycles. The molecule has 0 spiro atoms. The Balaban J connectivity index is 1.56. The van der Waals surface area contributed by atoms with Gasteiger partial charge in [0.05, 0.1) is 0 Å². The van der Waals surface area contributed by atoms with Crippen LogP contribution in [-0.4, -0.2) is 24.5 Å². The maximum absolute atomic E-state index is 12.5. The summed E-state index contributed by atoms with van der Waals surface area (Å²) in [6.45, 7) is 2.06. The molecular weight excluding hydrogens is 332 g/mol. The van der Waals surface area contributed by atoms with Gasteiger partial charge in [-0.25, -0.2) is 0 Å². The van der Waals surface area contributed by atoms with Crippen molar-refractivity contribution in [2.24, 2.45) is 5.92 Å². The average Bonchev–Trinajstić information content (AvgIpc) is 2.99. The zero-order valence-electron chi connectivity index (χ0n) is 11.6. The third-order valence-corrected chi connectivity index (χ3v) is 5.16. The van der Waals surface area contributed by atoms with Crippen molar-refractivity contribution in [3.8, 4) is 0 Å². The fourth-order valence-corrected chi connectivity index (χ4v) is 3.77. The number of fused-ring (bicyclic) bond motifs is 2. The molecule has 1 aliphatic carbocycles. The predicted molar refractivity (Wildman–Crippen MR) is 84.3 cm³/mol. The summed E-state index contributed by atoms with van der Waals surface area (Å²) in [5.41, 5.74) is 0.746. The fraction of sp³-hybridized carbons (Fsp3) is 0.438. The molecule has 4 rings (SSSR count). The van der Waals surface area contributed by atoms with Crippen molar-refractivity contribution in [3.05, 3.63) is 34.5 Å². The third kappa shape index (κ3) is 2.38. The molecule has 1 aromatic carbocycles. The van der Waals surface area contributed by atoms with E-state index in [1.807, 2.05) is 24.3 Å². The Morgan fingerprint density at radius 3 is 3.24 bits per heavy atom. The van der Waals surface area contributed by atoms with Gasteiger partial charge in [0.25, 0.3) is 5.91 Å². The van der Waals surface area contributed by atoms with Gasteiger partial charge in [-0.3, -0.25) is 4.79 Å². The molecule has 110 valence electrons. The Labute approximate surface area is 131 Å². The average molecular weight is 349 g/mol. The summed E-state index contributed by atoms with van der Waals surface area (Å²) in [7, 11) is 0. The number of hydrogen-bond acceptors (Lipinski definition) is 3. The summed E-state index contributed by atoms with van der Waals surface area (Å²) in [5, 5.41) is 7.59. The highest BCUT2D eigenvalue weighted by atomic mass is 79.9. The standard InChI is InChI=1S/C16H17BrN2O2/c17-12-2-3-13-10(6-12)7-14(21-13)15(20)19-16-4-1-5-18-9-11(16)8-16/h2-3,6-7,11,18H,1,4-5,8-9H2,(H,19,20). The van der Waals surface area contributed by atoms with Crippen molar-refractivity contribution in [1.82, 2.24) is 10.6 Å². The number of benzene rings is 1. The second-order valence-electron chi connectivity index (χ2n) is 6.11. The van der Waals surface area contributed by atoms with Crippen LogP contribution in [0.4, 0.5) is 0 Å². The molecule has 2 atom stereocenters. The van der Waals surface area contributed by atoms with Gasteiger partial charge in [-0.15, -0.1) is 0 Å². The zero-order valence-corrected chi connectivity index (χ0v) is 13.2. The second kappa shape index (κ2) is 4.85. The van der Waals surface area contributed by atoms with E-state index < -0.39 is 0 Å². The van der Waals surface area contributed by atoms with Gasteiger partial charge in [0.15, 0.2) is 5.76 Å². The lowest BCUT2D eigenvalue weighted by Gasteiger charge is -2.16. The van der Waals surface area contributed by atoms with Crippen LogP contribution >= 0.6 is 15.9 Å². The minimum atomic E-state index is -0.0910. The molecule has 5 heteroatoms. The minimum Gasteiger partial charge on any atom is -0.451 e. The van der Waals surface area contributed by atoms with E-state index in [0.717, 1.165) is 47.8 Å². The van der Waals surface area contributed by atoms with Crippen LogP contribution in [0.25, 0.3) is 11.0 Å². The summed E-state index contributed by atoms with van der Waals surface area (Å²) in [6.07, 6.45) is 3.25. The maximum atomic E-state index is 12.5. The lowest BCUT2D eigenvalue weighted by molar-refractivity contribution is 0.0899. The molecule has 2 fully saturated rings. The quantitative estimate of drug-likeness (QED) is 0.876. The number of nitrogens with one attached hydrogen (secondary N) is 2. The molecule has 2 heterocycles. The molecule has 1 amide bonds. The number of furan rings is 1. The van der Waals surface area contributed by atoms with E-state index in [0.29, 0.717) is 11.7 Å². The second-order valence-corrected chi connectivity index (χ2v) is 7.03. The summed E-state index contributed by atoms with van der Waals surface area (Å²) >= 11 is 3.43. The SMILES string of the molecule is O=C(NC12CCCNCC1C2)c1cc2cc(Br)ccc2o1. The molecule has 1 saturated carbocycles. The van der Waals surface area contributed by atoms with Crippen LogP contribution in [0.1, 0.15) is 29.8 Å². The molecule has 2 aromatic rings. The molecule has 21 heavy (non-hydrogen) atoms. The van der Waals surface area contributed by atoms with Crippen LogP contribution in [0.5, 0.6) is 0 Å². The van der Waals surface area contributed by atoms with E-state index in [1.54, 1.807) is 0 Å². The van der Waals surface area contributed by atoms with Crippen molar-refractivity contribution in [3.63, 3.8) is 0 Å². The van der Waals surface area contributed by atoms with Crippen LogP contribution in [0.3, 0.4) is 0 Å². The molecular formula is C16H17BrN2O2. The number of carbonyl (C=O) groups is 1. The van der Waals surface area contributed by atoms with Gasteiger partial charge in [0.1, 0.15) is 5.58 Å². The molecule has 4 nitrogen and oxygen atoms in total. The monoisotopic (exact) mass is 348 g/mol. The molecule has 2 N–H and O–H groups in total. The smallest absolute Gasteiger partial charge is 0.287 e. The predicted octanol–water partition coefficient (Wildman–Crippen LogP) is 3.07. The van der Waals surface area contributed by atoms with Gasteiger partial charge >= 0.3 is 0 Å². The topological polar surface area (TPSA) is 54.3 Å². The normalized spacial score (nSPS) is 28.0. The molecule has 2 aliphatic rings. The first-order valence-electron chi connectivity index (χ1n) is 7.39. The number of carbonyl (C=O) groups excluding carboxylic acids is 1. The van der Waals surface area contributed by atoms with E-state index in [4.69, 9.17) is 4.42 Å². The van der Waals surface area contributed by atoms with Gasteiger partial charge in [0, 0.05) is 21.9 Å². The largest absolute Gasteiger partial charge is 0.451 e. The van der Waals surface area contributed by atoms with Crippen LogP contribution in [0.2, 0.25) is 0 Å². The Kier molecular flexibility index (Phi) is 3.08. The Hall–Kier alpha value is -1.33. The highest BCUT2D eigenvalue weighted by molar-refractivity contribution is 9.10. The lowest BCUT2D eigenvalue weighted by atomic mass is 10.1. The number of hydrogen-bond donors (Lipinski definition) is 2. The molecule has 0 radical (unpaired) electrons. The van der Waals surface area contributed by atoms with Crippen LogP contribution in [0, 0.1) is 5.92 Å². The van der Waals surface area contributed by atoms with Crippen molar-refractivity contribution in [2.75, 3.05) is 13.1 Å². The number of amides is 1. The summed E-state index contributed by atoms with van der Waals surface area (Å²) in [5.74, 6) is 0.884. The Morgan fingerprint density at radius 2 is 2.33 bits per heavy atom. The van der Waals surface area contributed by atoms with E-state index in [-0.39, 0.29) is 11.4 Å². The Morgan fingerprint density at radius 1 is 1.43 bits per heavy atom. The molecule has 0 bridgehead atoms. The van der Waals surface area contributed by atoms with Crippen LogP contribution < -0.4 is 10.6 Å². The first-order chi connectivity index (χ1) is 10.2. The van der Waals surface area contributed by atoms with Gasteiger partial charge in [0.2, 0.25) is 0 Å². The minimum absolute atomic E-state index is 0.000140. The van der Waals surface area contributed by atoms with E-state index in [1.165, 1.54) is 0 Å². The number of halogens is 1. The van der Waals surface area contributed by atoms with Gasteiger partial charge in [-0.2, -0.15) is 0 Å². The highest BCUT2D eigenvalue weighted by Gasteiger charge is 2.55. The van der Waals surface area contributed by atoms with Gasteiger partial charge < -0.3 is 15.1 Å². The first-order valence-corrected chi connectivity index (χ1v) is 8.18.